The SMILES string of the molecule is Clc1cc2c(cc1N1CCN3CCCC3C1)NCC2. The summed E-state index contributed by atoms with van der Waals surface area (Å²) in [7, 11) is 0. The van der Waals surface area contributed by atoms with Crippen molar-refractivity contribution in [2.75, 3.05) is 42.9 Å². The van der Waals surface area contributed by atoms with Gasteiger partial charge in [0.05, 0.1) is 10.7 Å². The van der Waals surface area contributed by atoms with Crippen LogP contribution >= 0.6 is 11.6 Å². The van der Waals surface area contributed by atoms with E-state index in [1.807, 2.05) is 0 Å². The Morgan fingerprint density at radius 1 is 1.21 bits per heavy atom. The Kier molecular flexibility index (Phi) is 2.85. The van der Waals surface area contributed by atoms with Crippen LogP contribution in [0.2, 0.25) is 5.02 Å². The molecule has 0 bridgehead atoms. The van der Waals surface area contributed by atoms with Crippen LogP contribution in [-0.4, -0.2) is 43.7 Å². The van der Waals surface area contributed by atoms with E-state index in [-0.39, 0.29) is 0 Å². The Hall–Kier alpha value is -0.930. The predicted molar refractivity (Wildman–Crippen MR) is 80.5 cm³/mol. The fourth-order valence-corrected chi connectivity index (χ4v) is 4.06. The van der Waals surface area contributed by atoms with Gasteiger partial charge in [0.15, 0.2) is 0 Å². The number of piperazine rings is 1. The lowest BCUT2D eigenvalue weighted by Gasteiger charge is -2.39. The van der Waals surface area contributed by atoms with Crippen molar-refractivity contribution in [3.05, 3.63) is 22.7 Å². The summed E-state index contributed by atoms with van der Waals surface area (Å²) in [5.41, 5.74) is 3.88. The van der Waals surface area contributed by atoms with Crippen LogP contribution in [-0.2, 0) is 6.42 Å². The van der Waals surface area contributed by atoms with Gasteiger partial charge < -0.3 is 10.2 Å². The van der Waals surface area contributed by atoms with Crippen molar-refractivity contribution in [1.82, 2.24) is 4.90 Å². The van der Waals surface area contributed by atoms with E-state index in [0.717, 1.165) is 37.1 Å². The highest BCUT2D eigenvalue weighted by Gasteiger charge is 2.31. The Morgan fingerprint density at radius 3 is 3.11 bits per heavy atom. The molecule has 102 valence electrons. The largest absolute Gasteiger partial charge is 0.384 e. The van der Waals surface area contributed by atoms with E-state index in [1.165, 1.54) is 42.9 Å². The molecule has 0 spiro atoms. The summed E-state index contributed by atoms with van der Waals surface area (Å²) in [5, 5.41) is 4.38. The van der Waals surface area contributed by atoms with Crippen LogP contribution in [0.25, 0.3) is 0 Å². The molecule has 19 heavy (non-hydrogen) atoms. The number of anilines is 2. The summed E-state index contributed by atoms with van der Waals surface area (Å²) < 4.78 is 0. The van der Waals surface area contributed by atoms with Gasteiger partial charge in [-0.05, 0) is 43.5 Å². The average Bonchev–Trinajstić information content (AvgIpc) is 3.04. The minimum atomic E-state index is 0.742. The number of hydrogen-bond acceptors (Lipinski definition) is 3. The van der Waals surface area contributed by atoms with Gasteiger partial charge in [0.2, 0.25) is 0 Å². The second-order valence-electron chi connectivity index (χ2n) is 5.92. The molecule has 1 atom stereocenters. The summed E-state index contributed by atoms with van der Waals surface area (Å²) in [4.78, 5) is 5.12. The molecule has 3 aliphatic rings. The lowest BCUT2D eigenvalue weighted by molar-refractivity contribution is 0.231. The van der Waals surface area contributed by atoms with Crippen LogP contribution in [0, 0.1) is 0 Å². The van der Waals surface area contributed by atoms with Gasteiger partial charge in [-0.25, -0.2) is 0 Å². The third-order valence-corrected chi connectivity index (χ3v) is 5.11. The summed E-state index contributed by atoms with van der Waals surface area (Å²) in [5.74, 6) is 0. The third kappa shape index (κ3) is 2.00. The minimum Gasteiger partial charge on any atom is -0.384 e. The zero-order valence-electron chi connectivity index (χ0n) is 11.2. The highest BCUT2D eigenvalue weighted by Crippen LogP contribution is 2.36. The van der Waals surface area contributed by atoms with Crippen molar-refractivity contribution in [2.45, 2.75) is 25.3 Å². The monoisotopic (exact) mass is 277 g/mol. The number of nitrogens with zero attached hydrogens (tertiary/aromatic N) is 2. The molecule has 0 aromatic heterocycles. The number of nitrogens with one attached hydrogen (secondary N) is 1. The van der Waals surface area contributed by atoms with Crippen LogP contribution in [0.1, 0.15) is 18.4 Å². The standard InChI is InChI=1S/C15H20ClN3/c16-13-8-11-3-4-17-14(11)9-15(13)19-7-6-18-5-1-2-12(18)10-19/h8-9,12,17H,1-7,10H2. The normalized spacial score (nSPS) is 26.2. The smallest absolute Gasteiger partial charge is 0.0643 e. The van der Waals surface area contributed by atoms with Crippen LogP contribution in [0.3, 0.4) is 0 Å². The zero-order valence-corrected chi connectivity index (χ0v) is 11.9. The van der Waals surface area contributed by atoms with Gasteiger partial charge in [-0.3, -0.25) is 4.90 Å². The van der Waals surface area contributed by atoms with Crippen molar-refractivity contribution in [3.8, 4) is 0 Å². The van der Waals surface area contributed by atoms with Gasteiger partial charge in [0.25, 0.3) is 0 Å². The maximum Gasteiger partial charge on any atom is 0.0643 e. The van der Waals surface area contributed by atoms with Crippen LogP contribution < -0.4 is 10.2 Å². The van der Waals surface area contributed by atoms with Crippen molar-refractivity contribution in [1.29, 1.82) is 0 Å². The molecule has 3 nitrogen and oxygen atoms in total. The minimum absolute atomic E-state index is 0.742. The first-order chi connectivity index (χ1) is 9.31. The average molecular weight is 278 g/mol. The van der Waals surface area contributed by atoms with Gasteiger partial charge >= 0.3 is 0 Å². The molecule has 2 fully saturated rings. The van der Waals surface area contributed by atoms with Gasteiger partial charge in [0, 0.05) is 37.9 Å². The molecule has 2 saturated heterocycles. The number of benzene rings is 1. The molecule has 4 heteroatoms. The van der Waals surface area contributed by atoms with E-state index >= 15 is 0 Å². The molecule has 1 unspecified atom stereocenters. The van der Waals surface area contributed by atoms with Crippen molar-refractivity contribution in [3.63, 3.8) is 0 Å². The van der Waals surface area contributed by atoms with E-state index in [9.17, 15) is 0 Å². The molecule has 4 rings (SSSR count). The van der Waals surface area contributed by atoms with E-state index in [2.05, 4.69) is 27.2 Å². The molecule has 0 aliphatic carbocycles. The van der Waals surface area contributed by atoms with Gasteiger partial charge in [-0.1, -0.05) is 11.6 Å². The first-order valence-corrected chi connectivity index (χ1v) is 7.74. The number of rotatable bonds is 1. The second-order valence-corrected chi connectivity index (χ2v) is 6.32. The maximum atomic E-state index is 6.50. The van der Waals surface area contributed by atoms with Crippen molar-refractivity contribution in [2.24, 2.45) is 0 Å². The summed E-state index contributed by atoms with van der Waals surface area (Å²) in [6.07, 6.45) is 3.81. The van der Waals surface area contributed by atoms with Gasteiger partial charge in [-0.2, -0.15) is 0 Å². The van der Waals surface area contributed by atoms with E-state index in [4.69, 9.17) is 11.6 Å². The van der Waals surface area contributed by atoms with Gasteiger partial charge in [0.1, 0.15) is 0 Å². The van der Waals surface area contributed by atoms with Crippen LogP contribution in [0.4, 0.5) is 11.4 Å². The first kappa shape index (κ1) is 11.9. The Labute approximate surface area is 119 Å². The predicted octanol–water partition coefficient (Wildman–Crippen LogP) is 2.59. The lowest BCUT2D eigenvalue weighted by Crippen LogP contribution is -2.50. The van der Waals surface area contributed by atoms with E-state index in [0.29, 0.717) is 0 Å². The summed E-state index contributed by atoms with van der Waals surface area (Å²) in [6.45, 7) is 5.77. The van der Waals surface area contributed by atoms with Gasteiger partial charge in [-0.15, -0.1) is 0 Å². The molecule has 0 radical (unpaired) electrons. The molecule has 1 N–H and O–H groups in total. The first-order valence-electron chi connectivity index (χ1n) is 7.36. The lowest BCUT2D eigenvalue weighted by atomic mass is 10.1. The molecule has 1 aromatic carbocycles. The molecule has 3 heterocycles. The van der Waals surface area contributed by atoms with Crippen LogP contribution in [0.5, 0.6) is 0 Å². The molecule has 0 amide bonds. The maximum absolute atomic E-state index is 6.50. The van der Waals surface area contributed by atoms with Crippen LogP contribution in [0.15, 0.2) is 12.1 Å². The topological polar surface area (TPSA) is 18.5 Å². The molecular weight excluding hydrogens is 258 g/mol. The second kappa shape index (κ2) is 4.57. The fourth-order valence-electron chi connectivity index (χ4n) is 3.76. The third-order valence-electron chi connectivity index (χ3n) is 4.81. The number of halogens is 1. The molecule has 0 saturated carbocycles. The molecular formula is C15H20ClN3. The quantitative estimate of drug-likeness (QED) is 0.851. The van der Waals surface area contributed by atoms with E-state index in [1.54, 1.807) is 0 Å². The molecule has 3 aliphatic heterocycles. The summed E-state index contributed by atoms with van der Waals surface area (Å²) in [6, 6.07) is 5.16. The molecule has 1 aromatic rings. The van der Waals surface area contributed by atoms with Crippen molar-refractivity contribution >= 4 is 23.0 Å². The van der Waals surface area contributed by atoms with E-state index < -0.39 is 0 Å². The Morgan fingerprint density at radius 2 is 2.16 bits per heavy atom. The summed E-state index contributed by atoms with van der Waals surface area (Å²) >= 11 is 6.50. The Bertz CT molecular complexity index is 502. The highest BCUT2D eigenvalue weighted by atomic mass is 35.5. The highest BCUT2D eigenvalue weighted by molar-refractivity contribution is 6.33. The van der Waals surface area contributed by atoms with Crippen molar-refractivity contribution < 1.29 is 0 Å². The zero-order chi connectivity index (χ0) is 12.8. The Balaban J connectivity index is 1.62. The number of fused-ring (bicyclic) bond motifs is 2. The fraction of sp³-hybridized carbons (Fsp3) is 0.600. The number of hydrogen-bond donors (Lipinski definition) is 1.